The third-order valence-electron chi connectivity index (χ3n) is 4.11. The zero-order valence-corrected chi connectivity index (χ0v) is 12.7. The first-order valence-electron chi connectivity index (χ1n) is 7.57. The van der Waals surface area contributed by atoms with E-state index >= 15 is 0 Å². The number of unbranched alkanes of at least 4 members (excludes halogenated alkanes) is 3. The number of ether oxygens (including phenoxy) is 2. The average Bonchev–Trinajstić information content (AvgIpc) is 2.46. The first-order valence-corrected chi connectivity index (χ1v) is 7.57. The van der Waals surface area contributed by atoms with Crippen molar-refractivity contribution in [2.45, 2.75) is 69.9 Å². The summed E-state index contributed by atoms with van der Waals surface area (Å²) in [6, 6.07) is 0. The molecule has 2 atom stereocenters. The smallest absolute Gasteiger partial charge is 0.326 e. The Balaban J connectivity index is 2.38. The van der Waals surface area contributed by atoms with E-state index in [1.165, 1.54) is 26.4 Å². The van der Waals surface area contributed by atoms with Gasteiger partial charge in [-0.3, -0.25) is 4.79 Å². The van der Waals surface area contributed by atoms with Crippen LogP contribution in [0.1, 0.15) is 58.3 Å². The highest BCUT2D eigenvalue weighted by Crippen LogP contribution is 2.31. The molecule has 4 heteroatoms. The lowest BCUT2D eigenvalue weighted by molar-refractivity contribution is -0.152. The third kappa shape index (κ3) is 4.77. The number of carbonyl (C=O) groups excluding carboxylic acids is 1. The first kappa shape index (κ1) is 16.4. The van der Waals surface area contributed by atoms with Crippen LogP contribution in [0.4, 0.5) is 0 Å². The highest BCUT2D eigenvalue weighted by Gasteiger charge is 2.42. The zero-order chi connectivity index (χ0) is 14.1. The van der Waals surface area contributed by atoms with Crippen molar-refractivity contribution in [3.63, 3.8) is 0 Å². The summed E-state index contributed by atoms with van der Waals surface area (Å²) >= 11 is 0. The lowest BCUT2D eigenvalue weighted by Gasteiger charge is -2.38. The number of methoxy groups -OCH3 is 1. The predicted molar refractivity (Wildman–Crippen MR) is 76.2 cm³/mol. The molecule has 0 radical (unpaired) electrons. The Morgan fingerprint density at radius 2 is 2.16 bits per heavy atom. The van der Waals surface area contributed by atoms with Gasteiger partial charge in [0.2, 0.25) is 0 Å². The van der Waals surface area contributed by atoms with Gasteiger partial charge < -0.3 is 14.8 Å². The van der Waals surface area contributed by atoms with Gasteiger partial charge in [-0.2, -0.15) is 0 Å². The highest BCUT2D eigenvalue weighted by molar-refractivity contribution is 5.80. The molecule has 0 amide bonds. The van der Waals surface area contributed by atoms with Crippen molar-refractivity contribution in [3.8, 4) is 0 Å². The van der Waals surface area contributed by atoms with E-state index in [9.17, 15) is 4.79 Å². The molecular formula is C15H29NO3. The molecule has 0 aromatic heterocycles. The van der Waals surface area contributed by atoms with E-state index in [4.69, 9.17) is 9.47 Å². The van der Waals surface area contributed by atoms with Gasteiger partial charge in [-0.25, -0.2) is 0 Å². The van der Waals surface area contributed by atoms with Gasteiger partial charge in [0.25, 0.3) is 0 Å². The van der Waals surface area contributed by atoms with E-state index in [-0.39, 0.29) is 12.1 Å². The molecule has 1 aliphatic carbocycles. The van der Waals surface area contributed by atoms with Gasteiger partial charge in [-0.15, -0.1) is 0 Å². The van der Waals surface area contributed by atoms with Crippen molar-refractivity contribution in [1.82, 2.24) is 5.32 Å². The molecule has 0 spiro atoms. The monoisotopic (exact) mass is 271 g/mol. The molecule has 1 N–H and O–H groups in total. The van der Waals surface area contributed by atoms with E-state index in [0.29, 0.717) is 0 Å². The largest absolute Gasteiger partial charge is 0.468 e. The maximum Gasteiger partial charge on any atom is 0.326 e. The number of carbonyl (C=O) groups is 1. The van der Waals surface area contributed by atoms with Crippen LogP contribution in [0.15, 0.2) is 0 Å². The second kappa shape index (κ2) is 8.54. The SMILES string of the molecule is CCCCCCOC1CCCC(NC)(C(=O)OC)C1. The van der Waals surface area contributed by atoms with Crippen molar-refractivity contribution in [1.29, 1.82) is 0 Å². The van der Waals surface area contributed by atoms with Crippen LogP contribution in [0.3, 0.4) is 0 Å². The normalized spacial score (nSPS) is 27.2. The topological polar surface area (TPSA) is 47.6 Å². The maximum absolute atomic E-state index is 11.9. The summed E-state index contributed by atoms with van der Waals surface area (Å²) in [6.45, 7) is 3.02. The molecule has 0 bridgehead atoms. The van der Waals surface area contributed by atoms with Gasteiger partial charge in [0.05, 0.1) is 13.2 Å². The summed E-state index contributed by atoms with van der Waals surface area (Å²) in [4.78, 5) is 11.9. The molecule has 0 saturated heterocycles. The van der Waals surface area contributed by atoms with Gasteiger partial charge in [0.15, 0.2) is 0 Å². The first-order chi connectivity index (χ1) is 9.18. The van der Waals surface area contributed by atoms with Crippen molar-refractivity contribution in [3.05, 3.63) is 0 Å². The van der Waals surface area contributed by atoms with Crippen LogP contribution in [-0.4, -0.2) is 38.4 Å². The molecule has 4 nitrogen and oxygen atoms in total. The summed E-state index contributed by atoms with van der Waals surface area (Å²) in [5.74, 6) is -0.158. The molecule has 0 heterocycles. The summed E-state index contributed by atoms with van der Waals surface area (Å²) in [5.41, 5.74) is -0.541. The van der Waals surface area contributed by atoms with Crippen LogP contribution in [0.2, 0.25) is 0 Å². The van der Waals surface area contributed by atoms with E-state index in [1.807, 2.05) is 7.05 Å². The van der Waals surface area contributed by atoms with Crippen molar-refractivity contribution in [2.24, 2.45) is 0 Å². The molecule has 19 heavy (non-hydrogen) atoms. The van der Waals surface area contributed by atoms with Crippen LogP contribution in [0, 0.1) is 0 Å². The quantitative estimate of drug-likeness (QED) is 0.544. The van der Waals surface area contributed by atoms with Crippen LogP contribution in [-0.2, 0) is 14.3 Å². The lowest BCUT2D eigenvalue weighted by Crippen LogP contribution is -2.55. The van der Waals surface area contributed by atoms with Gasteiger partial charge in [0.1, 0.15) is 5.54 Å². The van der Waals surface area contributed by atoms with E-state index in [2.05, 4.69) is 12.2 Å². The molecule has 0 aromatic carbocycles. The summed E-state index contributed by atoms with van der Waals surface area (Å²) in [5, 5.41) is 3.15. The Bertz CT molecular complexity index is 270. The third-order valence-corrected chi connectivity index (χ3v) is 4.11. The summed E-state index contributed by atoms with van der Waals surface area (Å²) in [7, 11) is 3.29. The molecule has 1 saturated carbocycles. The van der Waals surface area contributed by atoms with Crippen molar-refractivity contribution in [2.75, 3.05) is 20.8 Å². The van der Waals surface area contributed by atoms with Crippen molar-refractivity contribution >= 4 is 5.97 Å². The summed E-state index contributed by atoms with van der Waals surface area (Å²) in [6.07, 6.45) is 8.68. The predicted octanol–water partition coefficient (Wildman–Crippen LogP) is 2.66. The van der Waals surface area contributed by atoms with Crippen molar-refractivity contribution < 1.29 is 14.3 Å². The van der Waals surface area contributed by atoms with Gasteiger partial charge in [-0.1, -0.05) is 26.2 Å². The minimum atomic E-state index is -0.541. The van der Waals surface area contributed by atoms with Gasteiger partial charge >= 0.3 is 5.97 Å². The zero-order valence-electron chi connectivity index (χ0n) is 12.7. The Hall–Kier alpha value is -0.610. The minimum absolute atomic E-state index is 0.158. The van der Waals surface area contributed by atoms with Crippen LogP contribution >= 0.6 is 0 Å². The van der Waals surface area contributed by atoms with Gasteiger partial charge in [0, 0.05) is 13.0 Å². The molecular weight excluding hydrogens is 242 g/mol. The maximum atomic E-state index is 11.9. The second-order valence-corrected chi connectivity index (χ2v) is 5.47. The number of likely N-dealkylation sites (N-methyl/N-ethyl adjacent to an activating group) is 1. The second-order valence-electron chi connectivity index (χ2n) is 5.47. The Labute approximate surface area is 117 Å². The number of esters is 1. The Kier molecular flexibility index (Phi) is 7.39. The Morgan fingerprint density at radius 3 is 2.79 bits per heavy atom. The fourth-order valence-electron chi connectivity index (χ4n) is 2.86. The lowest BCUT2D eigenvalue weighted by atomic mass is 9.80. The molecule has 1 rings (SSSR count). The van der Waals surface area contributed by atoms with Gasteiger partial charge in [-0.05, 0) is 32.7 Å². The molecule has 0 aliphatic heterocycles. The molecule has 0 aromatic rings. The highest BCUT2D eigenvalue weighted by atomic mass is 16.5. The molecule has 112 valence electrons. The van der Waals surface area contributed by atoms with Crippen LogP contribution < -0.4 is 5.32 Å². The Morgan fingerprint density at radius 1 is 1.37 bits per heavy atom. The van der Waals surface area contributed by atoms with E-state index in [1.54, 1.807) is 0 Å². The van der Waals surface area contributed by atoms with E-state index in [0.717, 1.165) is 38.7 Å². The standard InChI is InChI=1S/C15H29NO3/c1-4-5-6-7-11-19-13-9-8-10-15(12-13,16-2)14(17)18-3/h13,16H,4-12H2,1-3H3. The fraction of sp³-hybridized carbons (Fsp3) is 0.933. The summed E-state index contributed by atoms with van der Waals surface area (Å²) < 4.78 is 10.9. The van der Waals surface area contributed by atoms with Crippen LogP contribution in [0.25, 0.3) is 0 Å². The number of rotatable bonds is 8. The number of hydrogen-bond donors (Lipinski definition) is 1. The van der Waals surface area contributed by atoms with E-state index < -0.39 is 5.54 Å². The molecule has 1 fully saturated rings. The minimum Gasteiger partial charge on any atom is -0.468 e. The van der Waals surface area contributed by atoms with Crippen LogP contribution in [0.5, 0.6) is 0 Å². The molecule has 2 unspecified atom stereocenters. The fourth-order valence-corrected chi connectivity index (χ4v) is 2.86. The average molecular weight is 271 g/mol. The number of hydrogen-bond acceptors (Lipinski definition) is 4. The molecule has 1 aliphatic rings. The number of nitrogens with one attached hydrogen (secondary N) is 1.